The Hall–Kier alpha value is -1.50. The van der Waals surface area contributed by atoms with Gasteiger partial charge in [-0.05, 0) is 67.5 Å². The fourth-order valence-corrected chi connectivity index (χ4v) is 3.33. The van der Waals surface area contributed by atoms with Gasteiger partial charge in [0.15, 0.2) is 0 Å². The highest BCUT2D eigenvalue weighted by Gasteiger charge is 2.25. The molecular weight excluding hydrogens is 263 g/mol. The third-order valence-electron chi connectivity index (χ3n) is 5.20. The second-order valence-electron chi connectivity index (χ2n) is 7.07. The van der Waals surface area contributed by atoms with Crippen molar-refractivity contribution in [2.45, 2.75) is 60.3 Å². The quantitative estimate of drug-likeness (QED) is 0.725. The average Bonchev–Trinajstić information content (AvgIpc) is 2.43. The minimum Gasteiger partial charge on any atom is -0.0932 e. The summed E-state index contributed by atoms with van der Waals surface area (Å²) in [7, 11) is 6.20. The molecule has 0 saturated carbocycles. The van der Waals surface area contributed by atoms with E-state index in [0.29, 0.717) is 0 Å². The predicted molar refractivity (Wildman–Crippen MR) is 98.7 cm³/mol. The first-order chi connectivity index (χ1) is 10.2. The molecule has 2 radical (unpaired) electrons. The van der Waals surface area contributed by atoms with E-state index in [2.05, 4.69) is 72.7 Å². The van der Waals surface area contributed by atoms with Crippen LogP contribution < -0.4 is 5.46 Å². The summed E-state index contributed by atoms with van der Waals surface area (Å²) < 4.78 is 0. The molecule has 0 heterocycles. The highest BCUT2D eigenvalue weighted by molar-refractivity contribution is 6.33. The Morgan fingerprint density at radius 2 is 1.27 bits per heavy atom. The molecule has 0 nitrogen and oxygen atoms in total. The van der Waals surface area contributed by atoms with Gasteiger partial charge in [-0.2, -0.15) is 0 Å². The number of hydrogen-bond acceptors (Lipinski definition) is 0. The minimum atomic E-state index is -0.0473. The molecule has 2 rings (SSSR count). The van der Waals surface area contributed by atoms with E-state index in [1.54, 1.807) is 0 Å². The summed E-state index contributed by atoms with van der Waals surface area (Å²) in [4.78, 5) is 0. The standard InChI is InChI=1S/C21H27B/c1-8-19-14(3)10-17(11-15(19)4)21(6,7)18-9-13(2)16(5)20(22)12-18/h9-12H,8H2,1-7H3. The molecule has 0 aliphatic carbocycles. The van der Waals surface area contributed by atoms with Crippen LogP contribution in [-0.2, 0) is 11.8 Å². The zero-order chi connectivity index (χ0) is 16.7. The number of rotatable bonds is 3. The molecule has 0 unspecified atom stereocenters. The summed E-state index contributed by atoms with van der Waals surface area (Å²) in [6.07, 6.45) is 1.09. The van der Waals surface area contributed by atoms with Crippen molar-refractivity contribution in [1.82, 2.24) is 0 Å². The van der Waals surface area contributed by atoms with E-state index in [0.717, 1.165) is 11.9 Å². The maximum absolute atomic E-state index is 6.20. The van der Waals surface area contributed by atoms with Crippen molar-refractivity contribution in [3.8, 4) is 0 Å². The Kier molecular flexibility index (Phi) is 4.56. The second kappa shape index (κ2) is 5.95. The molecular formula is C21H27B. The van der Waals surface area contributed by atoms with Gasteiger partial charge in [0.25, 0.3) is 0 Å². The molecule has 0 aromatic heterocycles. The zero-order valence-electron chi connectivity index (χ0n) is 15.1. The van der Waals surface area contributed by atoms with E-state index in [4.69, 9.17) is 7.85 Å². The van der Waals surface area contributed by atoms with Crippen molar-refractivity contribution in [2.24, 2.45) is 0 Å². The highest BCUT2D eigenvalue weighted by Crippen LogP contribution is 2.34. The molecule has 0 fully saturated rings. The first-order valence-corrected chi connectivity index (χ1v) is 8.16. The topological polar surface area (TPSA) is 0 Å². The van der Waals surface area contributed by atoms with Crippen LogP contribution >= 0.6 is 0 Å². The predicted octanol–water partition coefficient (Wildman–Crippen LogP) is 4.60. The lowest BCUT2D eigenvalue weighted by Gasteiger charge is -2.29. The van der Waals surface area contributed by atoms with Gasteiger partial charge in [0.1, 0.15) is 7.85 Å². The van der Waals surface area contributed by atoms with Gasteiger partial charge in [-0.15, -0.1) is 0 Å². The van der Waals surface area contributed by atoms with Crippen molar-refractivity contribution in [1.29, 1.82) is 0 Å². The molecule has 1 heteroatoms. The van der Waals surface area contributed by atoms with E-state index in [-0.39, 0.29) is 5.41 Å². The lowest BCUT2D eigenvalue weighted by molar-refractivity contribution is 0.638. The average molecular weight is 290 g/mol. The van der Waals surface area contributed by atoms with E-state index < -0.39 is 0 Å². The van der Waals surface area contributed by atoms with E-state index in [1.165, 1.54) is 38.9 Å². The van der Waals surface area contributed by atoms with Crippen LogP contribution in [0, 0.1) is 27.7 Å². The van der Waals surface area contributed by atoms with Gasteiger partial charge < -0.3 is 0 Å². The molecule has 2 aromatic carbocycles. The molecule has 2 aromatic rings. The second-order valence-corrected chi connectivity index (χ2v) is 7.07. The Balaban J connectivity index is 2.60. The smallest absolute Gasteiger partial charge is 0.0932 e. The first-order valence-electron chi connectivity index (χ1n) is 8.16. The summed E-state index contributed by atoms with van der Waals surface area (Å²) in [6, 6.07) is 9.11. The summed E-state index contributed by atoms with van der Waals surface area (Å²) >= 11 is 0. The molecule has 0 aliphatic heterocycles. The van der Waals surface area contributed by atoms with Crippen molar-refractivity contribution < 1.29 is 0 Å². The molecule has 0 aliphatic rings. The van der Waals surface area contributed by atoms with E-state index in [1.807, 2.05) is 0 Å². The van der Waals surface area contributed by atoms with Crippen molar-refractivity contribution in [3.63, 3.8) is 0 Å². The minimum absolute atomic E-state index is 0.0473. The summed E-state index contributed by atoms with van der Waals surface area (Å²) in [6.45, 7) is 15.5. The largest absolute Gasteiger partial charge is 0.114 e. The fourth-order valence-electron chi connectivity index (χ4n) is 3.33. The van der Waals surface area contributed by atoms with Crippen LogP contribution in [0.3, 0.4) is 0 Å². The zero-order valence-corrected chi connectivity index (χ0v) is 15.1. The molecule has 0 amide bonds. The molecule has 22 heavy (non-hydrogen) atoms. The van der Waals surface area contributed by atoms with Crippen LogP contribution in [0.4, 0.5) is 0 Å². The van der Waals surface area contributed by atoms with Crippen LogP contribution in [0.2, 0.25) is 0 Å². The van der Waals surface area contributed by atoms with Gasteiger partial charge in [-0.3, -0.25) is 0 Å². The Bertz CT molecular complexity index is 662. The summed E-state index contributed by atoms with van der Waals surface area (Å²) in [5, 5.41) is 0. The normalized spacial score (nSPS) is 11.8. The SMILES string of the molecule is [B]c1cc(C(C)(C)c2cc(C)c(CC)c(C)c2)cc(C)c1C. The lowest BCUT2D eigenvalue weighted by atomic mass is 9.73. The Labute approximate surface area is 137 Å². The number of aryl methyl sites for hydroxylation is 3. The Morgan fingerprint density at radius 1 is 0.818 bits per heavy atom. The molecule has 0 saturated heterocycles. The molecule has 0 spiro atoms. The van der Waals surface area contributed by atoms with Crippen molar-refractivity contribution in [3.05, 3.63) is 63.2 Å². The van der Waals surface area contributed by atoms with Crippen molar-refractivity contribution >= 4 is 13.3 Å². The van der Waals surface area contributed by atoms with Crippen LogP contribution in [0.5, 0.6) is 0 Å². The van der Waals surface area contributed by atoms with Gasteiger partial charge >= 0.3 is 0 Å². The highest BCUT2D eigenvalue weighted by atomic mass is 14.3. The van der Waals surface area contributed by atoms with Gasteiger partial charge in [-0.1, -0.05) is 56.1 Å². The van der Waals surface area contributed by atoms with Crippen LogP contribution in [0.1, 0.15) is 59.7 Å². The number of hydrogen-bond donors (Lipinski definition) is 0. The fraction of sp³-hybridized carbons (Fsp3) is 0.429. The first kappa shape index (κ1) is 16.9. The Morgan fingerprint density at radius 3 is 1.73 bits per heavy atom. The monoisotopic (exact) mass is 290 g/mol. The molecule has 114 valence electrons. The van der Waals surface area contributed by atoms with Gasteiger partial charge in [0, 0.05) is 5.41 Å². The molecule has 0 atom stereocenters. The third kappa shape index (κ3) is 2.86. The van der Waals surface area contributed by atoms with Crippen molar-refractivity contribution in [2.75, 3.05) is 0 Å². The van der Waals surface area contributed by atoms with E-state index >= 15 is 0 Å². The van der Waals surface area contributed by atoms with E-state index in [9.17, 15) is 0 Å². The van der Waals surface area contributed by atoms with Crippen LogP contribution in [-0.4, -0.2) is 7.85 Å². The van der Waals surface area contributed by atoms with Crippen LogP contribution in [0.25, 0.3) is 0 Å². The van der Waals surface area contributed by atoms with Gasteiger partial charge in [-0.25, -0.2) is 0 Å². The molecule has 0 bridgehead atoms. The number of benzene rings is 2. The maximum atomic E-state index is 6.20. The maximum Gasteiger partial charge on any atom is 0.114 e. The van der Waals surface area contributed by atoms with Gasteiger partial charge in [0.05, 0.1) is 0 Å². The van der Waals surface area contributed by atoms with Crippen LogP contribution in [0.15, 0.2) is 24.3 Å². The third-order valence-corrected chi connectivity index (χ3v) is 5.20. The molecule has 0 N–H and O–H groups in total. The summed E-state index contributed by atoms with van der Waals surface area (Å²) in [5.41, 5.74) is 10.2. The van der Waals surface area contributed by atoms with Gasteiger partial charge in [0.2, 0.25) is 0 Å². The summed E-state index contributed by atoms with van der Waals surface area (Å²) in [5.74, 6) is 0. The lowest BCUT2D eigenvalue weighted by Crippen LogP contribution is -2.23.